The van der Waals surface area contributed by atoms with E-state index < -0.39 is 22.6 Å². The number of para-hydroxylation sites is 1. The van der Waals surface area contributed by atoms with Gasteiger partial charge in [-0.2, -0.15) is 4.31 Å². The first kappa shape index (κ1) is 21.0. The lowest BCUT2D eigenvalue weighted by molar-refractivity contribution is -0.121. The number of hydrogen-bond acceptors (Lipinski definition) is 5. The number of ether oxygens (including phenoxy) is 1. The van der Waals surface area contributed by atoms with E-state index in [2.05, 4.69) is 0 Å². The van der Waals surface area contributed by atoms with Crippen molar-refractivity contribution < 1.29 is 22.7 Å². The molecular weight excluding hydrogens is 392 g/mol. The van der Waals surface area contributed by atoms with Crippen molar-refractivity contribution in [2.75, 3.05) is 31.1 Å². The lowest BCUT2D eigenvalue weighted by Crippen LogP contribution is -2.34. The summed E-state index contributed by atoms with van der Waals surface area (Å²) in [5.74, 6) is -1.01. The SMILES string of the molecule is CCN(C(=O)COC(=O)c1ccc(S(=O)(=O)N2CCCC2)cc1)c1ccccc1. The number of carbonyl (C=O) groups excluding carboxylic acids is 2. The number of sulfonamides is 1. The smallest absolute Gasteiger partial charge is 0.338 e. The van der Waals surface area contributed by atoms with Gasteiger partial charge in [0, 0.05) is 25.3 Å². The molecule has 1 amide bonds. The molecule has 0 aliphatic carbocycles. The Bertz CT molecular complexity index is 952. The molecule has 0 saturated carbocycles. The summed E-state index contributed by atoms with van der Waals surface area (Å²) in [6, 6.07) is 14.7. The molecule has 2 aromatic carbocycles. The van der Waals surface area contributed by atoms with Gasteiger partial charge in [0.2, 0.25) is 10.0 Å². The number of hydrogen-bond donors (Lipinski definition) is 0. The predicted octanol–water partition coefficient (Wildman–Crippen LogP) is 2.68. The maximum atomic E-state index is 12.5. The summed E-state index contributed by atoms with van der Waals surface area (Å²) in [4.78, 5) is 26.3. The van der Waals surface area contributed by atoms with E-state index in [1.54, 1.807) is 0 Å². The lowest BCUT2D eigenvalue weighted by atomic mass is 10.2. The van der Waals surface area contributed by atoms with Gasteiger partial charge in [-0.05, 0) is 56.2 Å². The number of rotatable bonds is 7. The minimum atomic E-state index is -3.53. The molecule has 0 unspecified atom stereocenters. The van der Waals surface area contributed by atoms with E-state index in [1.165, 1.54) is 33.5 Å². The summed E-state index contributed by atoms with van der Waals surface area (Å²) in [5.41, 5.74) is 0.924. The molecule has 0 N–H and O–H groups in total. The van der Waals surface area contributed by atoms with Gasteiger partial charge in [0.25, 0.3) is 5.91 Å². The molecule has 7 nitrogen and oxygen atoms in total. The molecule has 1 aliphatic heterocycles. The topological polar surface area (TPSA) is 84.0 Å². The molecule has 2 aromatic rings. The van der Waals surface area contributed by atoms with Gasteiger partial charge < -0.3 is 9.64 Å². The quantitative estimate of drug-likeness (QED) is 0.648. The van der Waals surface area contributed by atoms with Crippen LogP contribution in [0.2, 0.25) is 0 Å². The molecule has 0 spiro atoms. The van der Waals surface area contributed by atoms with Gasteiger partial charge in [0.1, 0.15) is 0 Å². The van der Waals surface area contributed by atoms with E-state index in [4.69, 9.17) is 4.74 Å². The minimum Gasteiger partial charge on any atom is -0.452 e. The first-order valence-electron chi connectivity index (χ1n) is 9.56. The van der Waals surface area contributed by atoms with Crippen LogP contribution in [0.25, 0.3) is 0 Å². The zero-order valence-corrected chi connectivity index (χ0v) is 17.1. The van der Waals surface area contributed by atoms with E-state index in [-0.39, 0.29) is 16.4 Å². The average molecular weight is 416 g/mol. The second-order valence-corrected chi connectivity index (χ2v) is 8.62. The van der Waals surface area contributed by atoms with Crippen molar-refractivity contribution in [2.45, 2.75) is 24.7 Å². The molecule has 0 bridgehead atoms. The average Bonchev–Trinajstić information content (AvgIpc) is 3.29. The Balaban J connectivity index is 1.61. The summed E-state index contributed by atoms with van der Waals surface area (Å²) >= 11 is 0. The largest absolute Gasteiger partial charge is 0.452 e. The summed E-state index contributed by atoms with van der Waals surface area (Å²) in [6.45, 7) is 2.93. The normalized spacial score (nSPS) is 14.5. The Kier molecular flexibility index (Phi) is 6.66. The van der Waals surface area contributed by atoms with Crippen molar-refractivity contribution in [3.63, 3.8) is 0 Å². The summed E-state index contributed by atoms with van der Waals surface area (Å²) in [6.07, 6.45) is 1.71. The maximum absolute atomic E-state index is 12.5. The van der Waals surface area contributed by atoms with Crippen LogP contribution in [-0.4, -0.2) is 50.8 Å². The lowest BCUT2D eigenvalue weighted by Gasteiger charge is -2.20. The van der Waals surface area contributed by atoms with Crippen molar-refractivity contribution in [3.8, 4) is 0 Å². The number of nitrogens with zero attached hydrogens (tertiary/aromatic N) is 2. The Morgan fingerprint density at radius 1 is 1.00 bits per heavy atom. The van der Waals surface area contributed by atoms with Crippen LogP contribution in [0.3, 0.4) is 0 Å². The molecule has 8 heteroatoms. The summed E-state index contributed by atoms with van der Waals surface area (Å²) in [5, 5.41) is 0. The van der Waals surface area contributed by atoms with Crippen LogP contribution in [0.1, 0.15) is 30.1 Å². The van der Waals surface area contributed by atoms with Crippen molar-refractivity contribution in [2.24, 2.45) is 0 Å². The van der Waals surface area contributed by atoms with Crippen molar-refractivity contribution in [1.29, 1.82) is 0 Å². The molecule has 0 radical (unpaired) electrons. The molecule has 154 valence electrons. The molecule has 1 fully saturated rings. The Morgan fingerprint density at radius 3 is 2.21 bits per heavy atom. The van der Waals surface area contributed by atoms with Crippen LogP contribution >= 0.6 is 0 Å². The van der Waals surface area contributed by atoms with Gasteiger partial charge >= 0.3 is 5.97 Å². The third-order valence-corrected chi connectivity index (χ3v) is 6.72. The summed E-state index contributed by atoms with van der Waals surface area (Å²) in [7, 11) is -3.53. The fourth-order valence-electron chi connectivity index (χ4n) is 3.24. The van der Waals surface area contributed by atoms with Gasteiger partial charge in [-0.25, -0.2) is 13.2 Å². The van der Waals surface area contributed by atoms with Crippen molar-refractivity contribution in [1.82, 2.24) is 4.31 Å². The number of anilines is 1. The Labute approximate surface area is 170 Å². The number of likely N-dealkylation sites (N-methyl/N-ethyl adjacent to an activating group) is 1. The fraction of sp³-hybridized carbons (Fsp3) is 0.333. The van der Waals surface area contributed by atoms with E-state index >= 15 is 0 Å². The van der Waals surface area contributed by atoms with Gasteiger partial charge in [0.05, 0.1) is 10.5 Å². The highest BCUT2D eigenvalue weighted by molar-refractivity contribution is 7.89. The van der Waals surface area contributed by atoms with Crippen molar-refractivity contribution in [3.05, 3.63) is 60.2 Å². The molecule has 29 heavy (non-hydrogen) atoms. The van der Waals surface area contributed by atoms with Crippen LogP contribution in [0.4, 0.5) is 5.69 Å². The van der Waals surface area contributed by atoms with Crippen LogP contribution in [0.15, 0.2) is 59.5 Å². The number of benzene rings is 2. The third kappa shape index (κ3) is 4.83. The van der Waals surface area contributed by atoms with E-state index in [9.17, 15) is 18.0 Å². The Morgan fingerprint density at radius 2 is 1.62 bits per heavy atom. The highest BCUT2D eigenvalue weighted by Gasteiger charge is 2.27. The van der Waals surface area contributed by atoms with Gasteiger partial charge in [-0.15, -0.1) is 0 Å². The monoisotopic (exact) mass is 416 g/mol. The van der Waals surface area contributed by atoms with E-state index in [1.807, 2.05) is 37.3 Å². The highest BCUT2D eigenvalue weighted by Crippen LogP contribution is 2.21. The molecule has 1 heterocycles. The zero-order chi connectivity index (χ0) is 20.9. The second-order valence-electron chi connectivity index (χ2n) is 6.69. The number of esters is 1. The number of carbonyl (C=O) groups is 2. The molecule has 0 aromatic heterocycles. The molecule has 0 atom stereocenters. The van der Waals surface area contributed by atoms with Crippen LogP contribution < -0.4 is 4.90 Å². The van der Waals surface area contributed by atoms with Crippen LogP contribution in [0, 0.1) is 0 Å². The molecule has 3 rings (SSSR count). The van der Waals surface area contributed by atoms with Crippen molar-refractivity contribution >= 4 is 27.6 Å². The third-order valence-electron chi connectivity index (χ3n) is 4.80. The molecule has 1 saturated heterocycles. The predicted molar refractivity (Wildman–Crippen MR) is 109 cm³/mol. The van der Waals surface area contributed by atoms with Crippen LogP contribution in [-0.2, 0) is 19.6 Å². The fourth-order valence-corrected chi connectivity index (χ4v) is 4.76. The first-order valence-corrected chi connectivity index (χ1v) is 11.0. The first-order chi connectivity index (χ1) is 13.9. The molecule has 1 aliphatic rings. The summed E-state index contributed by atoms with van der Waals surface area (Å²) < 4.78 is 31.6. The Hall–Kier alpha value is -2.71. The van der Waals surface area contributed by atoms with Gasteiger partial charge in [0.15, 0.2) is 6.61 Å². The van der Waals surface area contributed by atoms with Gasteiger partial charge in [-0.1, -0.05) is 18.2 Å². The minimum absolute atomic E-state index is 0.147. The van der Waals surface area contributed by atoms with E-state index in [0.717, 1.165) is 18.5 Å². The van der Waals surface area contributed by atoms with Crippen LogP contribution in [0.5, 0.6) is 0 Å². The highest BCUT2D eigenvalue weighted by atomic mass is 32.2. The standard InChI is InChI=1S/C21H24N2O5S/c1-2-23(18-8-4-3-5-9-18)20(24)16-28-21(25)17-10-12-19(13-11-17)29(26,27)22-14-6-7-15-22/h3-5,8-13H,2,6-7,14-16H2,1H3. The molecular formula is C21H24N2O5S. The number of amides is 1. The van der Waals surface area contributed by atoms with E-state index in [0.29, 0.717) is 19.6 Å². The van der Waals surface area contributed by atoms with Gasteiger partial charge in [-0.3, -0.25) is 4.79 Å². The maximum Gasteiger partial charge on any atom is 0.338 e. The zero-order valence-electron chi connectivity index (χ0n) is 16.3. The second kappa shape index (κ2) is 9.19.